The van der Waals surface area contributed by atoms with Gasteiger partial charge >= 0.3 is 0 Å². The Hall–Kier alpha value is -1.56. The summed E-state index contributed by atoms with van der Waals surface area (Å²) in [7, 11) is -3.05. The number of nitrogens with two attached hydrogens (primary N) is 1. The molecule has 0 bridgehead atoms. The maximum absolute atomic E-state index is 11.6. The highest BCUT2D eigenvalue weighted by Crippen LogP contribution is 2.12. The second kappa shape index (κ2) is 5.18. The zero-order valence-corrected chi connectivity index (χ0v) is 10.7. The lowest BCUT2D eigenvalue weighted by molar-refractivity contribution is 0.0956. The van der Waals surface area contributed by atoms with Crippen LogP contribution in [0.25, 0.3) is 0 Å². The van der Waals surface area contributed by atoms with Gasteiger partial charge in [0.15, 0.2) is 0 Å². The number of carbonyl (C=O) groups is 1. The van der Waals surface area contributed by atoms with Crippen LogP contribution in [0.4, 0.5) is 5.69 Å². The van der Waals surface area contributed by atoms with Gasteiger partial charge < -0.3 is 11.1 Å². The summed E-state index contributed by atoms with van der Waals surface area (Å²) in [6, 6.07) is 4.93. The topological polar surface area (TPSA) is 89.3 Å². The first kappa shape index (κ1) is 13.5. The fraction of sp³-hybridized carbons (Fsp3) is 0.364. The van der Waals surface area contributed by atoms with Gasteiger partial charge in [0.1, 0.15) is 9.84 Å². The fourth-order valence-electron chi connectivity index (χ4n) is 1.27. The highest BCUT2D eigenvalue weighted by atomic mass is 32.2. The molecule has 0 heterocycles. The third-order valence-electron chi connectivity index (χ3n) is 2.29. The first-order valence-corrected chi connectivity index (χ1v) is 7.18. The van der Waals surface area contributed by atoms with Crippen LogP contribution in [0.5, 0.6) is 0 Å². The van der Waals surface area contributed by atoms with Gasteiger partial charge in [0.2, 0.25) is 0 Å². The predicted octanol–water partition coefficient (Wildman–Crippen LogP) is 0.352. The van der Waals surface area contributed by atoms with E-state index in [1.165, 1.54) is 0 Å². The molecular formula is C11H16N2O3S. The number of sulfone groups is 1. The van der Waals surface area contributed by atoms with E-state index in [2.05, 4.69) is 5.32 Å². The van der Waals surface area contributed by atoms with E-state index in [0.717, 1.165) is 11.8 Å². The lowest BCUT2D eigenvalue weighted by atomic mass is 10.1. The van der Waals surface area contributed by atoms with Gasteiger partial charge in [-0.15, -0.1) is 0 Å². The Labute approximate surface area is 101 Å². The summed E-state index contributed by atoms with van der Waals surface area (Å²) in [5.41, 5.74) is 7.56. The van der Waals surface area contributed by atoms with Gasteiger partial charge in [0, 0.05) is 24.1 Å². The van der Waals surface area contributed by atoms with E-state index in [9.17, 15) is 13.2 Å². The molecule has 0 fully saturated rings. The van der Waals surface area contributed by atoms with Crippen LogP contribution in [0.3, 0.4) is 0 Å². The van der Waals surface area contributed by atoms with Crippen molar-refractivity contribution in [2.24, 2.45) is 0 Å². The number of hydrogen-bond acceptors (Lipinski definition) is 4. The average molecular weight is 256 g/mol. The van der Waals surface area contributed by atoms with Crippen molar-refractivity contribution < 1.29 is 13.2 Å². The number of anilines is 1. The third-order valence-corrected chi connectivity index (χ3v) is 3.24. The molecule has 0 aromatic heterocycles. The molecule has 3 N–H and O–H groups in total. The number of nitrogen functional groups attached to an aromatic ring is 1. The minimum atomic E-state index is -3.05. The van der Waals surface area contributed by atoms with E-state index >= 15 is 0 Å². The van der Waals surface area contributed by atoms with Crippen molar-refractivity contribution in [3.8, 4) is 0 Å². The van der Waals surface area contributed by atoms with Crippen LogP contribution in [0, 0.1) is 6.92 Å². The van der Waals surface area contributed by atoms with Crippen molar-refractivity contribution >= 4 is 21.4 Å². The van der Waals surface area contributed by atoms with Crippen LogP contribution in [-0.4, -0.2) is 32.9 Å². The maximum atomic E-state index is 11.6. The second-order valence-corrected chi connectivity index (χ2v) is 6.22. The van der Waals surface area contributed by atoms with Gasteiger partial charge in [-0.3, -0.25) is 4.79 Å². The molecule has 0 saturated heterocycles. The molecule has 0 saturated carbocycles. The number of hydrogen-bond donors (Lipinski definition) is 2. The van der Waals surface area contributed by atoms with Crippen LogP contribution < -0.4 is 11.1 Å². The summed E-state index contributed by atoms with van der Waals surface area (Å²) in [5.74, 6) is -0.357. The Morgan fingerprint density at radius 3 is 2.59 bits per heavy atom. The summed E-state index contributed by atoms with van der Waals surface area (Å²) in [6.45, 7) is 1.92. The van der Waals surface area contributed by atoms with Gasteiger partial charge in [0.25, 0.3) is 5.91 Å². The quantitative estimate of drug-likeness (QED) is 0.761. The van der Waals surface area contributed by atoms with Crippen LogP contribution in [-0.2, 0) is 9.84 Å². The summed E-state index contributed by atoms with van der Waals surface area (Å²) in [4.78, 5) is 11.6. The molecule has 1 aromatic carbocycles. The molecule has 0 aliphatic carbocycles. The third kappa shape index (κ3) is 4.44. The van der Waals surface area contributed by atoms with E-state index in [-0.39, 0.29) is 18.2 Å². The highest BCUT2D eigenvalue weighted by Gasteiger charge is 2.08. The minimum absolute atomic E-state index is 0.0628. The maximum Gasteiger partial charge on any atom is 0.251 e. The Morgan fingerprint density at radius 2 is 2.06 bits per heavy atom. The van der Waals surface area contributed by atoms with Crippen LogP contribution in [0.15, 0.2) is 18.2 Å². The molecule has 0 aliphatic heterocycles. The van der Waals surface area contributed by atoms with E-state index in [0.29, 0.717) is 11.3 Å². The van der Waals surface area contributed by atoms with Gasteiger partial charge in [-0.1, -0.05) is 0 Å². The zero-order valence-electron chi connectivity index (χ0n) is 9.86. The largest absolute Gasteiger partial charge is 0.399 e. The van der Waals surface area contributed by atoms with Gasteiger partial charge in [-0.25, -0.2) is 8.42 Å². The Bertz CT molecular complexity index is 524. The Balaban J connectivity index is 2.61. The molecule has 1 rings (SSSR count). The molecule has 0 spiro atoms. The van der Waals surface area contributed by atoms with E-state index in [1.54, 1.807) is 18.2 Å². The molecule has 0 unspecified atom stereocenters. The summed E-state index contributed by atoms with van der Waals surface area (Å²) in [5, 5.41) is 2.54. The molecular weight excluding hydrogens is 240 g/mol. The molecule has 94 valence electrons. The van der Waals surface area contributed by atoms with Crippen molar-refractivity contribution in [2.45, 2.75) is 6.92 Å². The standard InChI is InChI=1S/C11H16N2O3S/c1-8-7-9(3-4-10(8)12)11(14)13-5-6-17(2,15)16/h3-4,7H,5-6,12H2,1-2H3,(H,13,14). The number of benzene rings is 1. The van der Waals surface area contributed by atoms with Crippen molar-refractivity contribution in [1.82, 2.24) is 5.32 Å². The number of rotatable bonds is 4. The lowest BCUT2D eigenvalue weighted by Gasteiger charge is -2.06. The van der Waals surface area contributed by atoms with Crippen molar-refractivity contribution in [2.75, 3.05) is 24.3 Å². The van der Waals surface area contributed by atoms with Crippen molar-refractivity contribution in [1.29, 1.82) is 0 Å². The van der Waals surface area contributed by atoms with Crippen LogP contribution >= 0.6 is 0 Å². The fourth-order valence-corrected chi connectivity index (χ4v) is 1.74. The molecule has 0 radical (unpaired) electrons. The SMILES string of the molecule is Cc1cc(C(=O)NCCS(C)(=O)=O)ccc1N. The molecule has 1 aromatic rings. The number of aryl methyl sites for hydroxylation is 1. The molecule has 5 nitrogen and oxygen atoms in total. The first-order valence-electron chi connectivity index (χ1n) is 5.11. The smallest absolute Gasteiger partial charge is 0.251 e. The summed E-state index contributed by atoms with van der Waals surface area (Å²) < 4.78 is 21.8. The zero-order chi connectivity index (χ0) is 13.1. The van der Waals surface area contributed by atoms with Crippen LogP contribution in [0.2, 0.25) is 0 Å². The van der Waals surface area contributed by atoms with Crippen LogP contribution in [0.1, 0.15) is 15.9 Å². The number of nitrogens with one attached hydrogen (secondary N) is 1. The molecule has 0 atom stereocenters. The number of carbonyl (C=O) groups excluding carboxylic acids is 1. The second-order valence-electron chi connectivity index (χ2n) is 3.96. The average Bonchev–Trinajstić information content (AvgIpc) is 2.20. The van der Waals surface area contributed by atoms with E-state index in [4.69, 9.17) is 5.73 Å². The van der Waals surface area contributed by atoms with Gasteiger partial charge in [-0.2, -0.15) is 0 Å². The number of amides is 1. The monoisotopic (exact) mass is 256 g/mol. The van der Waals surface area contributed by atoms with E-state index < -0.39 is 9.84 Å². The predicted molar refractivity (Wildman–Crippen MR) is 67.6 cm³/mol. The highest BCUT2D eigenvalue weighted by molar-refractivity contribution is 7.90. The first-order chi connectivity index (χ1) is 7.79. The molecule has 17 heavy (non-hydrogen) atoms. The molecule has 1 amide bonds. The van der Waals surface area contributed by atoms with E-state index in [1.807, 2.05) is 6.92 Å². The Kier molecular flexibility index (Phi) is 4.11. The molecule has 6 heteroatoms. The lowest BCUT2D eigenvalue weighted by Crippen LogP contribution is -2.28. The van der Waals surface area contributed by atoms with Crippen molar-refractivity contribution in [3.63, 3.8) is 0 Å². The Morgan fingerprint density at radius 1 is 1.41 bits per heavy atom. The van der Waals surface area contributed by atoms with Gasteiger partial charge in [-0.05, 0) is 30.7 Å². The van der Waals surface area contributed by atoms with Gasteiger partial charge in [0.05, 0.1) is 5.75 Å². The molecule has 0 aliphatic rings. The summed E-state index contributed by atoms with van der Waals surface area (Å²) >= 11 is 0. The summed E-state index contributed by atoms with van der Waals surface area (Å²) in [6.07, 6.45) is 1.13. The van der Waals surface area contributed by atoms with Crippen molar-refractivity contribution in [3.05, 3.63) is 29.3 Å². The minimum Gasteiger partial charge on any atom is -0.399 e. The normalized spacial score (nSPS) is 11.2.